The Hall–Kier alpha value is -4.02. The van der Waals surface area contributed by atoms with Gasteiger partial charge in [0.1, 0.15) is 5.75 Å². The van der Waals surface area contributed by atoms with Crippen molar-refractivity contribution >= 4 is 28.1 Å². The number of carbonyl (C=O) groups is 2. The van der Waals surface area contributed by atoms with E-state index < -0.39 is 15.9 Å². The molecule has 0 atom stereocenters. The molecule has 0 saturated carbocycles. The zero-order valence-electron chi connectivity index (χ0n) is 22.3. The smallest absolute Gasteiger partial charge is 0.258 e. The van der Waals surface area contributed by atoms with Crippen molar-refractivity contribution in [3.63, 3.8) is 0 Å². The van der Waals surface area contributed by atoms with Gasteiger partial charge in [-0.05, 0) is 74.7 Å². The molecule has 9 nitrogen and oxygen atoms in total. The van der Waals surface area contributed by atoms with Gasteiger partial charge in [-0.15, -0.1) is 0 Å². The van der Waals surface area contributed by atoms with Gasteiger partial charge in [-0.2, -0.15) is 9.41 Å². The Bertz CT molecular complexity index is 1360. The third-order valence-electron chi connectivity index (χ3n) is 5.57. The second-order valence-corrected chi connectivity index (χ2v) is 11.2. The second-order valence-electron chi connectivity index (χ2n) is 9.26. The molecule has 0 aromatic heterocycles. The fourth-order valence-corrected chi connectivity index (χ4v) is 4.98. The second kappa shape index (κ2) is 14.2. The van der Waals surface area contributed by atoms with Crippen LogP contribution in [0.1, 0.15) is 30.5 Å². The standard InChI is InChI=1S/C29H34N4O5S/c1-22(2)31-29(35)21-38-26-13-11-25(12-14-26)19-30-32-28(34)20-33(18-17-24-7-5-4-6-8-24)39(36,37)27-15-9-23(3)10-16-27/h4-16,19,22H,17-18,20-21H2,1-3H3,(H,31,35)(H,32,34)/b30-19+. The van der Waals surface area contributed by atoms with Gasteiger partial charge in [-0.1, -0.05) is 48.0 Å². The summed E-state index contributed by atoms with van der Waals surface area (Å²) in [4.78, 5) is 24.5. The van der Waals surface area contributed by atoms with E-state index >= 15 is 0 Å². The Morgan fingerprint density at radius 3 is 2.26 bits per heavy atom. The molecule has 206 valence electrons. The van der Waals surface area contributed by atoms with E-state index in [9.17, 15) is 18.0 Å². The third kappa shape index (κ3) is 9.66. The van der Waals surface area contributed by atoms with Crippen LogP contribution in [0.3, 0.4) is 0 Å². The Morgan fingerprint density at radius 1 is 0.949 bits per heavy atom. The lowest BCUT2D eigenvalue weighted by Crippen LogP contribution is -2.40. The Kier molecular flexibility index (Phi) is 10.8. The van der Waals surface area contributed by atoms with Gasteiger partial charge >= 0.3 is 0 Å². The molecule has 3 rings (SSSR count). The van der Waals surface area contributed by atoms with Crippen LogP contribution in [0.25, 0.3) is 0 Å². The summed E-state index contributed by atoms with van der Waals surface area (Å²) in [6.45, 7) is 5.28. The number of aryl methyl sites for hydroxylation is 1. The van der Waals surface area contributed by atoms with Crippen molar-refractivity contribution in [2.24, 2.45) is 5.10 Å². The first-order chi connectivity index (χ1) is 18.6. The highest BCUT2D eigenvalue weighted by molar-refractivity contribution is 7.89. The maximum atomic E-state index is 13.3. The van der Waals surface area contributed by atoms with Gasteiger partial charge in [0.15, 0.2) is 6.61 Å². The van der Waals surface area contributed by atoms with Crippen LogP contribution >= 0.6 is 0 Å². The zero-order chi connectivity index (χ0) is 28.3. The highest BCUT2D eigenvalue weighted by atomic mass is 32.2. The van der Waals surface area contributed by atoms with E-state index in [4.69, 9.17) is 4.74 Å². The summed E-state index contributed by atoms with van der Waals surface area (Å²) in [6.07, 6.45) is 1.89. The average Bonchev–Trinajstić information content (AvgIpc) is 2.91. The zero-order valence-corrected chi connectivity index (χ0v) is 23.1. The number of sulfonamides is 1. The summed E-state index contributed by atoms with van der Waals surface area (Å²) in [5.74, 6) is -0.253. The minimum atomic E-state index is -3.91. The highest BCUT2D eigenvalue weighted by Crippen LogP contribution is 2.17. The van der Waals surface area contributed by atoms with E-state index in [1.54, 1.807) is 48.5 Å². The molecular weight excluding hydrogens is 516 g/mol. The van der Waals surface area contributed by atoms with E-state index in [2.05, 4.69) is 15.8 Å². The summed E-state index contributed by atoms with van der Waals surface area (Å²) in [7, 11) is -3.91. The minimum Gasteiger partial charge on any atom is -0.484 e. The van der Waals surface area contributed by atoms with Gasteiger partial charge in [0.05, 0.1) is 17.7 Å². The summed E-state index contributed by atoms with van der Waals surface area (Å²) >= 11 is 0. The van der Waals surface area contributed by atoms with Gasteiger partial charge in [0, 0.05) is 12.6 Å². The highest BCUT2D eigenvalue weighted by Gasteiger charge is 2.26. The van der Waals surface area contributed by atoms with E-state index in [-0.39, 0.29) is 36.5 Å². The third-order valence-corrected chi connectivity index (χ3v) is 7.43. The fourth-order valence-electron chi connectivity index (χ4n) is 3.58. The Morgan fingerprint density at radius 2 is 1.62 bits per heavy atom. The van der Waals surface area contributed by atoms with Gasteiger partial charge in [-0.3, -0.25) is 9.59 Å². The van der Waals surface area contributed by atoms with Crippen molar-refractivity contribution in [1.82, 2.24) is 15.0 Å². The first kappa shape index (κ1) is 29.5. The predicted octanol–water partition coefficient (Wildman–Crippen LogP) is 3.28. The van der Waals surface area contributed by atoms with Crippen molar-refractivity contribution in [3.05, 3.63) is 95.6 Å². The van der Waals surface area contributed by atoms with Crippen LogP contribution < -0.4 is 15.5 Å². The molecule has 0 unspecified atom stereocenters. The number of nitrogens with one attached hydrogen (secondary N) is 2. The largest absolute Gasteiger partial charge is 0.484 e. The van der Waals surface area contributed by atoms with Crippen molar-refractivity contribution in [1.29, 1.82) is 0 Å². The van der Waals surface area contributed by atoms with Crippen molar-refractivity contribution in [2.45, 2.75) is 38.1 Å². The summed E-state index contributed by atoms with van der Waals surface area (Å²) in [5, 5.41) is 6.71. The number of ether oxygens (including phenoxy) is 1. The summed E-state index contributed by atoms with van der Waals surface area (Å²) in [5.41, 5.74) is 4.99. The number of nitrogens with zero attached hydrogens (tertiary/aromatic N) is 2. The van der Waals surface area contributed by atoms with Crippen LogP contribution in [0.4, 0.5) is 0 Å². The SMILES string of the molecule is Cc1ccc(S(=O)(=O)N(CCc2ccccc2)CC(=O)N/N=C/c2ccc(OCC(=O)NC(C)C)cc2)cc1. The summed E-state index contributed by atoms with van der Waals surface area (Å²) < 4.78 is 33.3. The van der Waals surface area contributed by atoms with Gasteiger partial charge in [0.2, 0.25) is 10.0 Å². The van der Waals surface area contributed by atoms with Gasteiger partial charge in [0.25, 0.3) is 11.8 Å². The minimum absolute atomic E-state index is 0.0357. The van der Waals surface area contributed by atoms with E-state index in [0.717, 1.165) is 15.4 Å². The maximum Gasteiger partial charge on any atom is 0.258 e. The normalized spacial score (nSPS) is 11.6. The van der Waals surface area contributed by atoms with Crippen molar-refractivity contribution < 1.29 is 22.7 Å². The van der Waals surface area contributed by atoms with Crippen LogP contribution in [-0.4, -0.2) is 56.5 Å². The molecule has 2 N–H and O–H groups in total. The Labute approximate surface area is 229 Å². The number of amides is 2. The molecular formula is C29H34N4O5S. The van der Waals surface area contributed by atoms with Crippen LogP contribution in [0.15, 0.2) is 88.9 Å². The van der Waals surface area contributed by atoms with E-state index in [1.807, 2.05) is 51.1 Å². The quantitative estimate of drug-likeness (QED) is 0.250. The molecule has 0 heterocycles. The molecule has 0 aliphatic rings. The summed E-state index contributed by atoms with van der Waals surface area (Å²) in [6, 6.07) is 22.9. The molecule has 0 radical (unpaired) electrons. The number of carbonyl (C=O) groups excluding carboxylic acids is 2. The average molecular weight is 551 g/mol. The van der Waals surface area contributed by atoms with E-state index in [1.165, 1.54) is 6.21 Å². The number of hydrogen-bond acceptors (Lipinski definition) is 6. The first-order valence-electron chi connectivity index (χ1n) is 12.6. The van der Waals surface area contributed by atoms with Crippen molar-refractivity contribution in [3.8, 4) is 5.75 Å². The molecule has 0 spiro atoms. The topological polar surface area (TPSA) is 117 Å². The number of hydrogen-bond donors (Lipinski definition) is 2. The number of rotatable bonds is 13. The lowest BCUT2D eigenvalue weighted by Gasteiger charge is -2.21. The molecule has 3 aromatic carbocycles. The molecule has 0 bridgehead atoms. The van der Waals surface area contributed by atoms with Crippen LogP contribution in [0.2, 0.25) is 0 Å². The molecule has 0 fully saturated rings. The predicted molar refractivity (Wildman–Crippen MR) is 151 cm³/mol. The molecule has 0 saturated heterocycles. The van der Waals surface area contributed by atoms with Crippen LogP contribution in [0, 0.1) is 6.92 Å². The molecule has 0 aliphatic heterocycles. The monoisotopic (exact) mass is 550 g/mol. The number of hydrazone groups is 1. The maximum absolute atomic E-state index is 13.3. The number of benzene rings is 3. The van der Waals surface area contributed by atoms with Gasteiger partial charge in [-0.25, -0.2) is 13.8 Å². The molecule has 10 heteroatoms. The molecule has 3 aromatic rings. The molecule has 0 aliphatic carbocycles. The van der Waals surface area contributed by atoms with Crippen LogP contribution in [-0.2, 0) is 26.0 Å². The van der Waals surface area contributed by atoms with Crippen molar-refractivity contribution in [2.75, 3.05) is 19.7 Å². The first-order valence-corrected chi connectivity index (χ1v) is 14.0. The fraction of sp³-hybridized carbons (Fsp3) is 0.276. The Balaban J connectivity index is 1.60. The van der Waals surface area contributed by atoms with E-state index in [0.29, 0.717) is 17.7 Å². The molecule has 39 heavy (non-hydrogen) atoms. The van der Waals surface area contributed by atoms with Gasteiger partial charge < -0.3 is 10.1 Å². The van der Waals surface area contributed by atoms with Crippen LogP contribution in [0.5, 0.6) is 5.75 Å². The lowest BCUT2D eigenvalue weighted by molar-refractivity contribution is -0.123. The lowest BCUT2D eigenvalue weighted by atomic mass is 10.1. The molecule has 2 amide bonds.